The molecule has 3 rings (SSSR count). The molecular weight excluding hydrogens is 414 g/mol. The van der Waals surface area contributed by atoms with Crippen LogP contribution in [0, 0.1) is 6.92 Å². The van der Waals surface area contributed by atoms with Gasteiger partial charge < -0.3 is 5.32 Å². The van der Waals surface area contributed by atoms with Gasteiger partial charge in [0.1, 0.15) is 5.82 Å². The van der Waals surface area contributed by atoms with Gasteiger partial charge in [0, 0.05) is 35.0 Å². The van der Waals surface area contributed by atoms with Gasteiger partial charge in [-0.1, -0.05) is 37.4 Å². The number of aryl methyl sites for hydroxylation is 1. The predicted molar refractivity (Wildman–Crippen MR) is 109 cm³/mol. The second kappa shape index (κ2) is 9.66. The van der Waals surface area contributed by atoms with Gasteiger partial charge in [-0.15, -0.1) is 5.10 Å². The van der Waals surface area contributed by atoms with E-state index < -0.39 is 0 Å². The predicted octanol–water partition coefficient (Wildman–Crippen LogP) is 3.28. The molecule has 0 fully saturated rings. The normalized spacial score (nSPS) is 10.9. The van der Waals surface area contributed by atoms with Crippen molar-refractivity contribution >= 4 is 40.1 Å². The molecule has 0 unspecified atom stereocenters. The Hall–Kier alpha value is -2.72. The minimum atomic E-state index is -0.385. The van der Waals surface area contributed by atoms with E-state index >= 15 is 0 Å². The summed E-state index contributed by atoms with van der Waals surface area (Å²) in [5.74, 6) is 0.379. The Morgan fingerprint density at radius 1 is 1.28 bits per heavy atom. The van der Waals surface area contributed by atoms with Crippen LogP contribution in [0.15, 0.2) is 18.2 Å². The second-order valence-corrected chi connectivity index (χ2v) is 7.57. The van der Waals surface area contributed by atoms with Crippen LogP contribution in [0.25, 0.3) is 0 Å². The third-order valence-corrected chi connectivity index (χ3v) is 5.25. The first-order chi connectivity index (χ1) is 14.0. The first-order valence-corrected chi connectivity index (χ1v) is 10.3. The molecule has 0 spiro atoms. The van der Waals surface area contributed by atoms with Gasteiger partial charge in [0.05, 0.1) is 0 Å². The molecular formula is C18H20ClN7O2S. The maximum atomic E-state index is 12.8. The van der Waals surface area contributed by atoms with Gasteiger partial charge in [-0.25, -0.2) is 4.98 Å². The van der Waals surface area contributed by atoms with E-state index in [0.29, 0.717) is 39.4 Å². The van der Waals surface area contributed by atoms with Crippen LogP contribution in [-0.2, 0) is 11.2 Å². The van der Waals surface area contributed by atoms with Crippen molar-refractivity contribution in [1.82, 2.24) is 29.6 Å². The van der Waals surface area contributed by atoms with Gasteiger partial charge in [-0.05, 0) is 41.5 Å². The van der Waals surface area contributed by atoms with Crippen LogP contribution in [0.4, 0.5) is 5.13 Å². The number of hydrogen-bond donors (Lipinski definition) is 1. The lowest BCUT2D eigenvalue weighted by atomic mass is 10.0. The maximum Gasteiger partial charge on any atom is 0.281 e. The highest BCUT2D eigenvalue weighted by Gasteiger charge is 2.20. The van der Waals surface area contributed by atoms with Crippen LogP contribution >= 0.6 is 23.1 Å². The fraction of sp³-hybridized carbons (Fsp3) is 0.389. The highest BCUT2D eigenvalue weighted by Crippen LogP contribution is 2.25. The van der Waals surface area contributed by atoms with E-state index in [9.17, 15) is 9.59 Å². The van der Waals surface area contributed by atoms with Crippen LogP contribution < -0.4 is 5.32 Å². The molecule has 0 aliphatic rings. The Bertz CT molecular complexity index is 1020. The molecule has 1 amide bonds. The van der Waals surface area contributed by atoms with E-state index in [-0.39, 0.29) is 18.2 Å². The second-order valence-electron chi connectivity index (χ2n) is 6.41. The largest absolute Gasteiger partial charge is 0.301 e. The first kappa shape index (κ1) is 21.0. The van der Waals surface area contributed by atoms with E-state index in [1.54, 1.807) is 25.1 Å². The van der Waals surface area contributed by atoms with Crippen molar-refractivity contribution < 1.29 is 9.59 Å². The number of amides is 1. The maximum absolute atomic E-state index is 12.8. The summed E-state index contributed by atoms with van der Waals surface area (Å²) in [7, 11) is 0. The quantitative estimate of drug-likeness (QED) is 0.428. The number of nitrogens with zero attached hydrogens (tertiary/aromatic N) is 6. The molecule has 0 aliphatic carbocycles. The number of carbonyl (C=O) groups excluding carboxylic acids is 2. The van der Waals surface area contributed by atoms with E-state index in [1.807, 2.05) is 0 Å². The summed E-state index contributed by atoms with van der Waals surface area (Å²) in [5, 5.41) is 14.6. The van der Waals surface area contributed by atoms with Gasteiger partial charge >= 0.3 is 0 Å². The smallest absolute Gasteiger partial charge is 0.281 e. The van der Waals surface area contributed by atoms with Crippen molar-refractivity contribution in [1.29, 1.82) is 0 Å². The Balaban J connectivity index is 1.76. The standard InChI is InChI=1S/C18H20ClN7O2S/c1-3-4-5-9-16(27)21-18-20-15(23-29-18)10-13-12(7-6-8-14(13)19)17(28)26-11(2)22-24-25-26/h6-8H,3-5,9-10H2,1-2H3,(H,20,21,23,27). The van der Waals surface area contributed by atoms with Crippen molar-refractivity contribution in [3.63, 3.8) is 0 Å². The lowest BCUT2D eigenvalue weighted by molar-refractivity contribution is -0.116. The minimum Gasteiger partial charge on any atom is -0.301 e. The van der Waals surface area contributed by atoms with Crippen LogP contribution in [-0.4, -0.2) is 41.4 Å². The van der Waals surface area contributed by atoms with Crippen molar-refractivity contribution in [2.75, 3.05) is 5.32 Å². The molecule has 3 aromatic rings. The summed E-state index contributed by atoms with van der Waals surface area (Å²) in [6, 6.07) is 5.05. The fourth-order valence-electron chi connectivity index (χ4n) is 2.72. The number of rotatable bonds is 8. The number of aromatic nitrogens is 6. The number of benzene rings is 1. The highest BCUT2D eigenvalue weighted by atomic mass is 35.5. The summed E-state index contributed by atoms with van der Waals surface area (Å²) in [6.07, 6.45) is 3.61. The average Bonchev–Trinajstić information content (AvgIpc) is 3.32. The van der Waals surface area contributed by atoms with Gasteiger partial charge in [0.25, 0.3) is 5.91 Å². The zero-order valence-electron chi connectivity index (χ0n) is 16.1. The van der Waals surface area contributed by atoms with Gasteiger partial charge in [-0.3, -0.25) is 9.59 Å². The van der Waals surface area contributed by atoms with E-state index in [4.69, 9.17) is 11.6 Å². The molecule has 11 heteroatoms. The zero-order chi connectivity index (χ0) is 20.8. The van der Waals surface area contributed by atoms with Crippen molar-refractivity contribution in [3.05, 3.63) is 46.0 Å². The van der Waals surface area contributed by atoms with Crippen LogP contribution in [0.5, 0.6) is 0 Å². The van der Waals surface area contributed by atoms with E-state index in [1.165, 1.54) is 0 Å². The number of halogens is 1. The van der Waals surface area contributed by atoms with Crippen LogP contribution in [0.2, 0.25) is 5.02 Å². The Morgan fingerprint density at radius 2 is 2.10 bits per heavy atom. The number of carbonyl (C=O) groups is 2. The molecule has 0 radical (unpaired) electrons. The van der Waals surface area contributed by atoms with E-state index in [2.05, 4.69) is 37.1 Å². The molecule has 0 bridgehead atoms. The Morgan fingerprint density at radius 3 is 2.83 bits per heavy atom. The van der Waals surface area contributed by atoms with Crippen molar-refractivity contribution in [3.8, 4) is 0 Å². The molecule has 152 valence electrons. The molecule has 2 aromatic heterocycles. The SMILES string of the molecule is CCCCCC(=O)Nc1nc(Cc2c(Cl)cccc2C(=O)n2nnnc2C)ns1. The Kier molecular flexibility index (Phi) is 6.99. The van der Waals surface area contributed by atoms with Crippen LogP contribution in [0.1, 0.15) is 60.2 Å². The monoisotopic (exact) mass is 433 g/mol. The summed E-state index contributed by atoms with van der Waals surface area (Å²) >= 11 is 7.45. The highest BCUT2D eigenvalue weighted by molar-refractivity contribution is 7.09. The molecule has 0 saturated heterocycles. The lowest BCUT2D eigenvalue weighted by Gasteiger charge is -2.09. The first-order valence-electron chi connectivity index (χ1n) is 9.19. The molecule has 9 nitrogen and oxygen atoms in total. The molecule has 2 heterocycles. The molecule has 0 saturated carbocycles. The van der Waals surface area contributed by atoms with Crippen molar-refractivity contribution in [2.45, 2.75) is 46.0 Å². The van der Waals surface area contributed by atoms with Gasteiger partial charge in [0.2, 0.25) is 11.0 Å². The van der Waals surface area contributed by atoms with Crippen molar-refractivity contribution in [2.24, 2.45) is 0 Å². The van der Waals surface area contributed by atoms with Gasteiger partial charge in [-0.2, -0.15) is 9.06 Å². The van der Waals surface area contributed by atoms with Crippen LogP contribution in [0.3, 0.4) is 0 Å². The lowest BCUT2D eigenvalue weighted by Crippen LogP contribution is -2.18. The molecule has 0 aliphatic heterocycles. The Labute approximate surface area is 176 Å². The van der Waals surface area contributed by atoms with E-state index in [0.717, 1.165) is 35.5 Å². The number of unbranched alkanes of at least 4 members (excludes halogenated alkanes) is 2. The number of hydrogen-bond acceptors (Lipinski definition) is 8. The molecule has 0 atom stereocenters. The average molecular weight is 434 g/mol. The topological polar surface area (TPSA) is 116 Å². The molecule has 1 N–H and O–H groups in total. The summed E-state index contributed by atoms with van der Waals surface area (Å²) in [4.78, 5) is 29.1. The zero-order valence-corrected chi connectivity index (χ0v) is 17.6. The third-order valence-electron chi connectivity index (χ3n) is 4.22. The minimum absolute atomic E-state index is 0.0797. The number of nitrogens with one attached hydrogen (secondary N) is 1. The summed E-state index contributed by atoms with van der Waals surface area (Å²) in [5.41, 5.74) is 0.945. The third kappa shape index (κ3) is 5.21. The molecule has 1 aromatic carbocycles. The summed E-state index contributed by atoms with van der Waals surface area (Å²) < 4.78 is 5.40. The molecule has 29 heavy (non-hydrogen) atoms. The number of anilines is 1. The fourth-order valence-corrected chi connectivity index (χ4v) is 3.57. The van der Waals surface area contributed by atoms with Gasteiger partial charge in [0.15, 0.2) is 5.82 Å². The summed E-state index contributed by atoms with van der Waals surface area (Å²) in [6.45, 7) is 3.73. The number of tetrazole rings is 1.